The number of hydrogen-bond donors (Lipinski definition) is 1. The molecule has 1 aromatic rings. The predicted octanol–water partition coefficient (Wildman–Crippen LogP) is 1.64. The summed E-state index contributed by atoms with van der Waals surface area (Å²) in [5, 5.41) is 9.40. The lowest BCUT2D eigenvalue weighted by molar-refractivity contribution is 0.145. The van der Waals surface area contributed by atoms with Crippen LogP contribution in [0.3, 0.4) is 0 Å². The number of benzene rings is 1. The van der Waals surface area contributed by atoms with E-state index < -0.39 is 15.6 Å². The van der Waals surface area contributed by atoms with E-state index in [0.717, 1.165) is 5.69 Å². The average molecular weight is 291 g/mol. The van der Waals surface area contributed by atoms with Gasteiger partial charge in [-0.15, -0.1) is 0 Å². The van der Waals surface area contributed by atoms with Crippen molar-refractivity contribution in [1.29, 1.82) is 0 Å². The van der Waals surface area contributed by atoms with Crippen LogP contribution in [0.15, 0.2) is 29.2 Å². The molecule has 0 amide bonds. The molecule has 0 bridgehead atoms. The smallest absolute Gasteiger partial charge is 0.341 e. The first kappa shape index (κ1) is 14.2. The highest BCUT2D eigenvalue weighted by Crippen LogP contribution is 2.24. The van der Waals surface area contributed by atoms with Crippen LogP contribution in [-0.2, 0) is 9.84 Å². The van der Waals surface area contributed by atoms with Crippen molar-refractivity contribution in [3.05, 3.63) is 24.3 Å². The molecule has 0 aromatic heterocycles. The quantitative estimate of drug-likeness (QED) is 0.920. The van der Waals surface area contributed by atoms with Crippen molar-refractivity contribution in [2.45, 2.75) is 29.6 Å². The van der Waals surface area contributed by atoms with Gasteiger partial charge in [0.1, 0.15) is 0 Å². The van der Waals surface area contributed by atoms with Crippen LogP contribution in [0.4, 0.5) is 14.5 Å². The van der Waals surface area contributed by atoms with Crippen LogP contribution in [0, 0.1) is 0 Å². The van der Waals surface area contributed by atoms with Crippen LogP contribution in [0.25, 0.3) is 0 Å². The Bertz CT molecular complexity index is 522. The van der Waals surface area contributed by atoms with Crippen molar-refractivity contribution in [1.82, 2.24) is 0 Å². The van der Waals surface area contributed by atoms with E-state index in [2.05, 4.69) is 0 Å². The fourth-order valence-corrected chi connectivity index (χ4v) is 2.79. The molecule has 0 atom stereocenters. The van der Waals surface area contributed by atoms with Crippen molar-refractivity contribution in [2.24, 2.45) is 0 Å². The van der Waals surface area contributed by atoms with Gasteiger partial charge < -0.3 is 10.0 Å². The van der Waals surface area contributed by atoms with Gasteiger partial charge in [-0.05, 0) is 37.1 Å². The van der Waals surface area contributed by atoms with Gasteiger partial charge in [-0.1, -0.05) is 0 Å². The summed E-state index contributed by atoms with van der Waals surface area (Å²) >= 11 is 0. The first-order valence-corrected chi connectivity index (χ1v) is 7.51. The molecule has 0 aliphatic carbocycles. The van der Waals surface area contributed by atoms with E-state index in [-0.39, 0.29) is 11.0 Å². The molecule has 4 nitrogen and oxygen atoms in total. The maximum absolute atomic E-state index is 12.4. The van der Waals surface area contributed by atoms with Gasteiger partial charge in [-0.2, -0.15) is 8.78 Å². The molecular formula is C12H15F2NO3S. The van der Waals surface area contributed by atoms with Crippen LogP contribution < -0.4 is 4.90 Å². The van der Waals surface area contributed by atoms with Crippen LogP contribution in [0.1, 0.15) is 12.8 Å². The molecule has 1 aliphatic rings. The van der Waals surface area contributed by atoms with Crippen molar-refractivity contribution in [3.8, 4) is 0 Å². The monoisotopic (exact) mass is 291 g/mol. The van der Waals surface area contributed by atoms with E-state index in [1.807, 2.05) is 4.90 Å². The molecule has 19 heavy (non-hydrogen) atoms. The highest BCUT2D eigenvalue weighted by atomic mass is 32.2. The molecule has 1 fully saturated rings. The second kappa shape index (κ2) is 5.42. The fraction of sp³-hybridized carbons (Fsp3) is 0.500. The lowest BCUT2D eigenvalue weighted by Crippen LogP contribution is -2.35. The highest BCUT2D eigenvalue weighted by molar-refractivity contribution is 7.91. The number of rotatable bonds is 3. The molecule has 7 heteroatoms. The number of alkyl halides is 2. The SMILES string of the molecule is O=S(=O)(c1ccc(N2CCC(O)CC2)cc1)C(F)F. The molecule has 0 unspecified atom stereocenters. The molecular weight excluding hydrogens is 276 g/mol. The first-order chi connectivity index (χ1) is 8.91. The maximum atomic E-state index is 12.4. The molecule has 0 saturated carbocycles. The number of aliphatic hydroxyl groups excluding tert-OH is 1. The second-order valence-electron chi connectivity index (χ2n) is 4.52. The van der Waals surface area contributed by atoms with Gasteiger partial charge in [0.2, 0.25) is 9.84 Å². The highest BCUT2D eigenvalue weighted by Gasteiger charge is 2.26. The summed E-state index contributed by atoms with van der Waals surface area (Å²) in [5.74, 6) is -3.40. The Balaban J connectivity index is 2.15. The lowest BCUT2D eigenvalue weighted by Gasteiger charge is -2.31. The maximum Gasteiger partial charge on any atom is 0.341 e. The zero-order valence-electron chi connectivity index (χ0n) is 10.2. The summed E-state index contributed by atoms with van der Waals surface area (Å²) in [7, 11) is -4.53. The van der Waals surface area contributed by atoms with E-state index in [4.69, 9.17) is 0 Å². The molecule has 0 spiro atoms. The Morgan fingerprint density at radius 3 is 2.16 bits per heavy atom. The predicted molar refractivity (Wildman–Crippen MR) is 67.1 cm³/mol. The van der Waals surface area contributed by atoms with E-state index >= 15 is 0 Å². The number of halogens is 2. The second-order valence-corrected chi connectivity index (χ2v) is 6.44. The van der Waals surface area contributed by atoms with Gasteiger partial charge in [-0.25, -0.2) is 8.42 Å². The summed E-state index contributed by atoms with van der Waals surface area (Å²) in [5.41, 5.74) is 0.778. The summed E-state index contributed by atoms with van der Waals surface area (Å²) in [6.45, 7) is 1.34. The zero-order chi connectivity index (χ0) is 14.0. The average Bonchev–Trinajstić information content (AvgIpc) is 2.39. The van der Waals surface area contributed by atoms with Gasteiger partial charge in [0.05, 0.1) is 11.0 Å². The minimum absolute atomic E-state index is 0.297. The Morgan fingerprint density at radius 1 is 1.16 bits per heavy atom. The van der Waals surface area contributed by atoms with Crippen LogP contribution in [0.2, 0.25) is 0 Å². The van der Waals surface area contributed by atoms with Crippen molar-refractivity contribution < 1.29 is 22.3 Å². The molecule has 1 N–H and O–H groups in total. The third-order valence-corrected chi connectivity index (χ3v) is 4.63. The van der Waals surface area contributed by atoms with Gasteiger partial charge in [-0.3, -0.25) is 0 Å². The number of aliphatic hydroxyl groups is 1. The summed E-state index contributed by atoms with van der Waals surface area (Å²) in [6.07, 6.45) is 1.00. The summed E-state index contributed by atoms with van der Waals surface area (Å²) < 4.78 is 47.3. The molecule has 2 rings (SSSR count). The Kier molecular flexibility index (Phi) is 4.05. The number of anilines is 1. The molecule has 1 saturated heterocycles. The van der Waals surface area contributed by atoms with E-state index in [1.54, 1.807) is 0 Å². The van der Waals surface area contributed by atoms with Crippen molar-refractivity contribution in [3.63, 3.8) is 0 Å². The number of nitrogens with zero attached hydrogens (tertiary/aromatic N) is 1. The van der Waals surface area contributed by atoms with E-state index in [1.165, 1.54) is 24.3 Å². The van der Waals surface area contributed by atoms with Crippen molar-refractivity contribution >= 4 is 15.5 Å². The molecule has 1 aliphatic heterocycles. The van der Waals surface area contributed by atoms with Crippen LogP contribution >= 0.6 is 0 Å². The van der Waals surface area contributed by atoms with Crippen LogP contribution in [0.5, 0.6) is 0 Å². The first-order valence-electron chi connectivity index (χ1n) is 5.96. The van der Waals surface area contributed by atoms with Gasteiger partial charge in [0, 0.05) is 18.8 Å². The largest absolute Gasteiger partial charge is 0.393 e. The number of hydrogen-bond acceptors (Lipinski definition) is 4. The molecule has 1 heterocycles. The summed E-state index contributed by atoms with van der Waals surface area (Å²) in [4.78, 5) is 1.62. The van der Waals surface area contributed by atoms with Gasteiger partial charge >= 0.3 is 5.76 Å². The fourth-order valence-electron chi connectivity index (χ4n) is 2.07. The number of piperidine rings is 1. The zero-order valence-corrected chi connectivity index (χ0v) is 11.0. The van der Waals surface area contributed by atoms with E-state index in [9.17, 15) is 22.3 Å². The Hall–Kier alpha value is -1.21. The van der Waals surface area contributed by atoms with Crippen molar-refractivity contribution in [2.75, 3.05) is 18.0 Å². The topological polar surface area (TPSA) is 57.6 Å². The van der Waals surface area contributed by atoms with Gasteiger partial charge in [0.15, 0.2) is 0 Å². The summed E-state index contributed by atoms with van der Waals surface area (Å²) in [6, 6.07) is 5.43. The minimum Gasteiger partial charge on any atom is -0.393 e. The molecule has 1 aromatic carbocycles. The Labute approximate surface area is 110 Å². The Morgan fingerprint density at radius 2 is 1.68 bits per heavy atom. The minimum atomic E-state index is -4.53. The van der Waals surface area contributed by atoms with E-state index in [0.29, 0.717) is 25.9 Å². The third kappa shape index (κ3) is 3.03. The van der Waals surface area contributed by atoms with Gasteiger partial charge in [0.25, 0.3) is 0 Å². The molecule has 0 radical (unpaired) electrons. The molecule has 106 valence electrons. The lowest BCUT2D eigenvalue weighted by atomic mass is 10.1. The normalized spacial score (nSPS) is 18.0. The third-order valence-electron chi connectivity index (χ3n) is 3.23. The standard InChI is InChI=1S/C12H15F2NO3S/c13-12(14)19(17,18)11-3-1-9(2-4-11)15-7-5-10(16)6-8-15/h1-4,10,12,16H,5-8H2. The van der Waals surface area contributed by atoms with Crippen LogP contribution in [-0.4, -0.2) is 38.5 Å². The number of sulfone groups is 1.